The highest BCUT2D eigenvalue weighted by molar-refractivity contribution is 9.10. The van der Waals surface area contributed by atoms with E-state index in [1.807, 2.05) is 45.1 Å². The van der Waals surface area contributed by atoms with E-state index in [1.165, 1.54) is 0 Å². The smallest absolute Gasteiger partial charge is 0.407 e. The molecule has 22 heavy (non-hydrogen) atoms. The predicted octanol–water partition coefficient (Wildman–Crippen LogP) is 3.33. The molecule has 0 bridgehead atoms. The molecule has 0 aliphatic heterocycles. The maximum Gasteiger partial charge on any atom is 0.407 e. The lowest BCUT2D eigenvalue weighted by atomic mass is 10.2. The number of amides is 1. The van der Waals surface area contributed by atoms with Crippen molar-refractivity contribution in [3.05, 3.63) is 40.4 Å². The van der Waals surface area contributed by atoms with Gasteiger partial charge in [-0.1, -0.05) is 18.2 Å². The first-order valence-electron chi connectivity index (χ1n) is 7.08. The van der Waals surface area contributed by atoms with Crippen LogP contribution in [0.2, 0.25) is 0 Å². The molecule has 1 aromatic carbocycles. The summed E-state index contributed by atoms with van der Waals surface area (Å²) in [5.41, 5.74) is 0.596. The Bertz CT molecular complexity index is 525. The monoisotopic (exact) mass is 370 g/mol. The molecule has 0 unspecified atom stereocenters. The van der Waals surface area contributed by atoms with Crippen molar-refractivity contribution < 1.29 is 14.6 Å². The molecule has 1 amide bonds. The quantitative estimate of drug-likeness (QED) is 0.530. The molecule has 0 atom stereocenters. The van der Waals surface area contributed by atoms with Crippen LogP contribution >= 0.6 is 15.9 Å². The lowest BCUT2D eigenvalue weighted by Gasteiger charge is -2.19. The zero-order chi connectivity index (χ0) is 16.6. The van der Waals surface area contributed by atoms with Crippen molar-refractivity contribution >= 4 is 22.0 Å². The van der Waals surface area contributed by atoms with Gasteiger partial charge in [0.05, 0.1) is 4.47 Å². The van der Waals surface area contributed by atoms with E-state index in [0.717, 1.165) is 5.56 Å². The molecule has 3 N–H and O–H groups in total. The molecule has 5 nitrogen and oxygen atoms in total. The minimum absolute atomic E-state index is 0.233. The summed E-state index contributed by atoms with van der Waals surface area (Å²) in [7, 11) is 0. The molecular formula is C16H23BrN2O3. The first kappa shape index (κ1) is 18.5. The maximum atomic E-state index is 11.4. The average molecular weight is 371 g/mol. The van der Waals surface area contributed by atoms with Gasteiger partial charge in [0.25, 0.3) is 0 Å². The molecule has 0 saturated heterocycles. The normalized spacial score (nSPS) is 11.6. The number of phenolic OH excluding ortho intramolecular Hbond substituents is 1. The summed E-state index contributed by atoms with van der Waals surface area (Å²) in [6.45, 7) is 7.30. The number of carbonyl (C=O) groups is 1. The summed E-state index contributed by atoms with van der Waals surface area (Å²) in [5.74, 6) is 0.233. The number of carbonyl (C=O) groups excluding carboxylic acids is 1. The van der Waals surface area contributed by atoms with E-state index in [1.54, 1.807) is 6.07 Å². The van der Waals surface area contributed by atoms with Gasteiger partial charge < -0.3 is 20.5 Å². The highest BCUT2D eigenvalue weighted by atomic mass is 79.9. The summed E-state index contributed by atoms with van der Waals surface area (Å²) in [6, 6.07) is 5.39. The SMILES string of the molecule is CC(C)(C)OC(=O)NC/C=C/CNCc1ccc(O)c(Br)c1. The first-order valence-corrected chi connectivity index (χ1v) is 7.87. The zero-order valence-electron chi connectivity index (χ0n) is 13.1. The van der Waals surface area contributed by atoms with Crippen molar-refractivity contribution in [3.63, 3.8) is 0 Å². The van der Waals surface area contributed by atoms with Gasteiger partial charge in [-0.3, -0.25) is 0 Å². The van der Waals surface area contributed by atoms with Crippen LogP contribution in [0.25, 0.3) is 0 Å². The van der Waals surface area contributed by atoms with Crippen molar-refractivity contribution in [1.82, 2.24) is 10.6 Å². The molecule has 122 valence electrons. The third-order valence-corrected chi connectivity index (χ3v) is 3.17. The van der Waals surface area contributed by atoms with Crippen LogP contribution in [0.15, 0.2) is 34.8 Å². The summed E-state index contributed by atoms with van der Waals surface area (Å²) in [6.07, 6.45) is 3.38. The van der Waals surface area contributed by atoms with E-state index >= 15 is 0 Å². The van der Waals surface area contributed by atoms with Crippen LogP contribution in [0, 0.1) is 0 Å². The molecule has 0 heterocycles. The van der Waals surface area contributed by atoms with Crippen LogP contribution in [-0.2, 0) is 11.3 Å². The fraction of sp³-hybridized carbons (Fsp3) is 0.438. The Labute approximate surface area is 139 Å². The van der Waals surface area contributed by atoms with Gasteiger partial charge in [-0.05, 0) is 54.4 Å². The number of halogens is 1. The number of aromatic hydroxyl groups is 1. The van der Waals surface area contributed by atoms with Gasteiger partial charge in [0, 0.05) is 19.6 Å². The van der Waals surface area contributed by atoms with E-state index in [9.17, 15) is 9.90 Å². The second-order valence-corrected chi connectivity index (χ2v) is 6.63. The van der Waals surface area contributed by atoms with Crippen LogP contribution in [-0.4, -0.2) is 29.9 Å². The molecule has 6 heteroatoms. The van der Waals surface area contributed by atoms with Crippen molar-refractivity contribution in [2.24, 2.45) is 0 Å². The largest absolute Gasteiger partial charge is 0.507 e. The molecule has 0 aromatic heterocycles. The number of rotatable bonds is 6. The minimum Gasteiger partial charge on any atom is -0.507 e. The number of hydrogen-bond acceptors (Lipinski definition) is 4. The van der Waals surface area contributed by atoms with Gasteiger partial charge in [0.1, 0.15) is 11.4 Å². The Morgan fingerprint density at radius 3 is 2.64 bits per heavy atom. The number of benzene rings is 1. The van der Waals surface area contributed by atoms with Gasteiger partial charge >= 0.3 is 6.09 Å². The molecule has 0 saturated carbocycles. The van der Waals surface area contributed by atoms with E-state index in [4.69, 9.17) is 4.74 Å². The molecule has 0 aliphatic rings. The van der Waals surface area contributed by atoms with E-state index in [0.29, 0.717) is 24.1 Å². The van der Waals surface area contributed by atoms with Crippen LogP contribution in [0.3, 0.4) is 0 Å². The molecule has 0 fully saturated rings. The van der Waals surface area contributed by atoms with Gasteiger partial charge in [-0.25, -0.2) is 4.79 Å². The second kappa shape index (κ2) is 8.80. The zero-order valence-corrected chi connectivity index (χ0v) is 14.7. The molecule has 1 aromatic rings. The fourth-order valence-corrected chi connectivity index (χ4v) is 2.01. The minimum atomic E-state index is -0.478. The van der Waals surface area contributed by atoms with Crippen LogP contribution in [0.4, 0.5) is 4.79 Å². The van der Waals surface area contributed by atoms with E-state index < -0.39 is 11.7 Å². The third-order valence-electron chi connectivity index (χ3n) is 2.53. The highest BCUT2D eigenvalue weighted by Gasteiger charge is 2.14. The fourth-order valence-electron chi connectivity index (χ4n) is 1.58. The predicted molar refractivity (Wildman–Crippen MR) is 90.9 cm³/mol. The number of alkyl carbamates (subject to hydrolysis) is 1. The summed E-state index contributed by atoms with van der Waals surface area (Å²) in [4.78, 5) is 11.4. The Kier molecular flexibility index (Phi) is 7.41. The Balaban J connectivity index is 2.16. The lowest BCUT2D eigenvalue weighted by molar-refractivity contribution is 0.0534. The number of nitrogens with one attached hydrogen (secondary N) is 2. The van der Waals surface area contributed by atoms with Gasteiger partial charge in [0.15, 0.2) is 0 Å². The Morgan fingerprint density at radius 2 is 2.00 bits per heavy atom. The number of phenols is 1. The van der Waals surface area contributed by atoms with Crippen molar-refractivity contribution in [3.8, 4) is 5.75 Å². The molecule has 1 rings (SSSR count). The summed E-state index contributed by atoms with van der Waals surface area (Å²) >= 11 is 3.28. The van der Waals surface area contributed by atoms with Gasteiger partial charge in [-0.2, -0.15) is 0 Å². The van der Waals surface area contributed by atoms with Gasteiger partial charge in [0.2, 0.25) is 0 Å². The molecular weight excluding hydrogens is 348 g/mol. The molecule has 0 radical (unpaired) electrons. The van der Waals surface area contributed by atoms with Crippen molar-refractivity contribution in [2.75, 3.05) is 13.1 Å². The number of ether oxygens (including phenoxy) is 1. The molecule has 0 spiro atoms. The first-order chi connectivity index (χ1) is 10.3. The second-order valence-electron chi connectivity index (χ2n) is 5.77. The average Bonchev–Trinajstić information content (AvgIpc) is 2.39. The van der Waals surface area contributed by atoms with E-state index in [2.05, 4.69) is 26.6 Å². The van der Waals surface area contributed by atoms with Crippen LogP contribution < -0.4 is 10.6 Å². The van der Waals surface area contributed by atoms with Gasteiger partial charge in [-0.15, -0.1) is 0 Å². The Morgan fingerprint density at radius 1 is 1.32 bits per heavy atom. The van der Waals surface area contributed by atoms with E-state index in [-0.39, 0.29) is 5.75 Å². The standard InChI is InChI=1S/C16H23BrN2O3/c1-16(2,3)22-15(21)19-9-5-4-8-18-11-12-6-7-14(20)13(17)10-12/h4-7,10,18,20H,8-9,11H2,1-3H3,(H,19,21)/b5-4+. The summed E-state index contributed by atoms with van der Waals surface area (Å²) in [5, 5.41) is 15.3. The van der Waals surface area contributed by atoms with Crippen LogP contribution in [0.5, 0.6) is 5.75 Å². The Hall–Kier alpha value is -1.53. The highest BCUT2D eigenvalue weighted by Crippen LogP contribution is 2.24. The topological polar surface area (TPSA) is 70.6 Å². The van der Waals surface area contributed by atoms with Crippen molar-refractivity contribution in [1.29, 1.82) is 0 Å². The maximum absolute atomic E-state index is 11.4. The van der Waals surface area contributed by atoms with Crippen LogP contribution in [0.1, 0.15) is 26.3 Å². The summed E-state index contributed by atoms with van der Waals surface area (Å²) < 4.78 is 5.80. The molecule has 0 aliphatic carbocycles. The van der Waals surface area contributed by atoms with Crippen molar-refractivity contribution in [2.45, 2.75) is 32.9 Å². The third kappa shape index (κ3) is 8.05. The lowest BCUT2D eigenvalue weighted by Crippen LogP contribution is -2.32. The number of hydrogen-bond donors (Lipinski definition) is 3.